The van der Waals surface area contributed by atoms with E-state index in [0.29, 0.717) is 11.8 Å². The summed E-state index contributed by atoms with van der Waals surface area (Å²) in [6.45, 7) is 9.61. The Balaban J connectivity index is 2.76. The van der Waals surface area contributed by atoms with E-state index in [-0.39, 0.29) is 18.2 Å². The number of hydrogen-bond donors (Lipinski definition) is 1. The minimum absolute atomic E-state index is 0.0263. The smallest absolute Gasteiger partial charge is 0.241 e. The highest BCUT2D eigenvalue weighted by atomic mass is 16.2. The van der Waals surface area contributed by atoms with Crippen molar-refractivity contribution in [3.05, 3.63) is 0 Å². The number of hydrogen-bond acceptors (Lipinski definition) is 3. The first-order chi connectivity index (χ1) is 8.88. The van der Waals surface area contributed by atoms with Gasteiger partial charge in [-0.2, -0.15) is 0 Å². The molecule has 0 aromatic carbocycles. The van der Waals surface area contributed by atoms with Crippen LogP contribution in [0.15, 0.2) is 0 Å². The first-order valence-corrected chi connectivity index (χ1v) is 7.61. The fourth-order valence-electron chi connectivity index (χ4n) is 2.87. The molecule has 4 heteroatoms. The first-order valence-electron chi connectivity index (χ1n) is 7.61. The van der Waals surface area contributed by atoms with Gasteiger partial charge in [-0.25, -0.2) is 0 Å². The van der Waals surface area contributed by atoms with Crippen molar-refractivity contribution in [3.8, 4) is 0 Å². The van der Waals surface area contributed by atoms with Crippen molar-refractivity contribution < 1.29 is 4.79 Å². The lowest BCUT2D eigenvalue weighted by atomic mass is 10.0. The number of likely N-dealkylation sites (N-methyl/N-ethyl adjacent to an activating group) is 1. The summed E-state index contributed by atoms with van der Waals surface area (Å²) in [4.78, 5) is 16.8. The Morgan fingerprint density at radius 3 is 2.47 bits per heavy atom. The molecule has 1 saturated heterocycles. The third-order valence-electron chi connectivity index (χ3n) is 3.94. The molecule has 1 aliphatic heterocycles. The number of amides is 1. The Morgan fingerprint density at radius 2 is 2.00 bits per heavy atom. The lowest BCUT2D eigenvalue weighted by molar-refractivity contribution is -0.133. The molecule has 1 fully saturated rings. The molecular weight excluding hydrogens is 238 g/mol. The minimum Gasteiger partial charge on any atom is -0.322 e. The second kappa shape index (κ2) is 7.25. The van der Waals surface area contributed by atoms with E-state index >= 15 is 0 Å². The van der Waals surface area contributed by atoms with E-state index in [4.69, 9.17) is 0 Å². The number of carbonyl (C=O) groups excluding carboxylic acids is 1. The highest BCUT2D eigenvalue weighted by Gasteiger charge is 2.40. The summed E-state index contributed by atoms with van der Waals surface area (Å²) >= 11 is 0. The molecule has 0 spiro atoms. The zero-order chi connectivity index (χ0) is 14.6. The van der Waals surface area contributed by atoms with Crippen molar-refractivity contribution in [3.63, 3.8) is 0 Å². The standard InChI is InChI=1S/C15H31N3O/c1-7-8-9-13-15(19)18(12(4)16-13)14(11(2)3)10-17(5)6/h11-14,16H,7-10H2,1-6H3. The zero-order valence-corrected chi connectivity index (χ0v) is 13.4. The van der Waals surface area contributed by atoms with E-state index < -0.39 is 0 Å². The van der Waals surface area contributed by atoms with Gasteiger partial charge in [0.05, 0.1) is 12.2 Å². The fraction of sp³-hybridized carbons (Fsp3) is 0.933. The van der Waals surface area contributed by atoms with Gasteiger partial charge in [0.15, 0.2) is 0 Å². The van der Waals surface area contributed by atoms with Gasteiger partial charge in [-0.05, 0) is 33.4 Å². The molecular formula is C15H31N3O. The van der Waals surface area contributed by atoms with Gasteiger partial charge in [-0.15, -0.1) is 0 Å². The maximum Gasteiger partial charge on any atom is 0.241 e. The normalized spacial score (nSPS) is 25.7. The van der Waals surface area contributed by atoms with Crippen LogP contribution in [0.3, 0.4) is 0 Å². The Kier molecular flexibility index (Phi) is 6.27. The van der Waals surface area contributed by atoms with Crippen LogP contribution >= 0.6 is 0 Å². The van der Waals surface area contributed by atoms with Gasteiger partial charge in [0.1, 0.15) is 0 Å². The average Bonchev–Trinajstić information content (AvgIpc) is 2.58. The van der Waals surface area contributed by atoms with E-state index in [0.717, 1.165) is 25.8 Å². The number of rotatable bonds is 7. The molecule has 1 rings (SSSR count). The van der Waals surface area contributed by atoms with Gasteiger partial charge in [0, 0.05) is 12.6 Å². The Morgan fingerprint density at radius 1 is 1.37 bits per heavy atom. The highest BCUT2D eigenvalue weighted by molar-refractivity contribution is 5.84. The molecule has 0 aromatic heterocycles. The predicted molar refractivity (Wildman–Crippen MR) is 79.9 cm³/mol. The fourth-order valence-corrected chi connectivity index (χ4v) is 2.87. The SMILES string of the molecule is CCCCC1NC(C)N(C(CN(C)C)C(C)C)C1=O. The molecule has 0 saturated carbocycles. The molecule has 1 heterocycles. The molecule has 1 N–H and O–H groups in total. The average molecular weight is 269 g/mol. The van der Waals surface area contributed by atoms with Crippen LogP contribution in [0.1, 0.15) is 47.0 Å². The van der Waals surface area contributed by atoms with Crippen molar-refractivity contribution >= 4 is 5.91 Å². The predicted octanol–water partition coefficient (Wildman–Crippen LogP) is 1.91. The molecule has 0 radical (unpaired) electrons. The summed E-state index contributed by atoms with van der Waals surface area (Å²) in [6, 6.07) is 0.315. The second-order valence-electron chi connectivity index (χ2n) is 6.36. The summed E-state index contributed by atoms with van der Waals surface area (Å²) < 4.78 is 0. The lowest BCUT2D eigenvalue weighted by Gasteiger charge is -2.35. The van der Waals surface area contributed by atoms with Crippen LogP contribution in [0, 0.1) is 5.92 Å². The third-order valence-corrected chi connectivity index (χ3v) is 3.94. The minimum atomic E-state index is 0.0263. The highest BCUT2D eigenvalue weighted by Crippen LogP contribution is 2.22. The van der Waals surface area contributed by atoms with Crippen LogP contribution in [0.5, 0.6) is 0 Å². The van der Waals surface area contributed by atoms with Gasteiger partial charge in [-0.3, -0.25) is 10.1 Å². The van der Waals surface area contributed by atoms with Gasteiger partial charge >= 0.3 is 0 Å². The van der Waals surface area contributed by atoms with Crippen LogP contribution in [0.25, 0.3) is 0 Å². The Bertz CT molecular complexity index is 291. The molecule has 0 aliphatic carbocycles. The van der Waals surface area contributed by atoms with Crippen molar-refractivity contribution in [2.45, 2.75) is 65.2 Å². The number of unbranched alkanes of at least 4 members (excludes halogenated alkanes) is 1. The Labute approximate surface area is 118 Å². The quantitative estimate of drug-likeness (QED) is 0.767. The Hall–Kier alpha value is -0.610. The number of nitrogens with one attached hydrogen (secondary N) is 1. The van der Waals surface area contributed by atoms with E-state index in [1.165, 1.54) is 0 Å². The van der Waals surface area contributed by atoms with Crippen LogP contribution in [0.4, 0.5) is 0 Å². The topological polar surface area (TPSA) is 35.6 Å². The van der Waals surface area contributed by atoms with Crippen molar-refractivity contribution in [1.82, 2.24) is 15.1 Å². The molecule has 19 heavy (non-hydrogen) atoms. The van der Waals surface area contributed by atoms with Crippen molar-refractivity contribution in [1.29, 1.82) is 0 Å². The number of carbonyl (C=O) groups is 1. The third kappa shape index (κ3) is 4.18. The molecule has 3 atom stereocenters. The van der Waals surface area contributed by atoms with Crippen LogP contribution in [-0.4, -0.2) is 54.6 Å². The molecule has 0 aromatic rings. The summed E-state index contributed by atoms with van der Waals surface area (Å²) in [6.07, 6.45) is 3.37. The van der Waals surface area contributed by atoms with Crippen molar-refractivity contribution in [2.75, 3.05) is 20.6 Å². The van der Waals surface area contributed by atoms with Crippen LogP contribution in [-0.2, 0) is 4.79 Å². The molecule has 4 nitrogen and oxygen atoms in total. The van der Waals surface area contributed by atoms with Gasteiger partial charge < -0.3 is 9.80 Å². The van der Waals surface area contributed by atoms with E-state index in [9.17, 15) is 4.79 Å². The summed E-state index contributed by atoms with van der Waals surface area (Å²) in [7, 11) is 4.14. The van der Waals surface area contributed by atoms with Crippen LogP contribution < -0.4 is 5.32 Å². The van der Waals surface area contributed by atoms with Crippen molar-refractivity contribution in [2.24, 2.45) is 5.92 Å². The monoisotopic (exact) mass is 269 g/mol. The maximum absolute atomic E-state index is 12.6. The largest absolute Gasteiger partial charge is 0.322 e. The second-order valence-corrected chi connectivity index (χ2v) is 6.36. The van der Waals surface area contributed by atoms with E-state index in [1.54, 1.807) is 0 Å². The van der Waals surface area contributed by atoms with E-state index in [2.05, 4.69) is 56.9 Å². The maximum atomic E-state index is 12.6. The summed E-state index contributed by atoms with van der Waals surface area (Å²) in [5.74, 6) is 0.766. The lowest BCUT2D eigenvalue weighted by Crippen LogP contribution is -2.50. The summed E-state index contributed by atoms with van der Waals surface area (Å²) in [5.41, 5.74) is 0. The molecule has 0 bridgehead atoms. The number of nitrogens with zero attached hydrogens (tertiary/aromatic N) is 2. The van der Waals surface area contributed by atoms with Gasteiger partial charge in [0.2, 0.25) is 5.91 Å². The first kappa shape index (κ1) is 16.4. The van der Waals surface area contributed by atoms with Crippen LogP contribution in [0.2, 0.25) is 0 Å². The van der Waals surface area contributed by atoms with Gasteiger partial charge in [-0.1, -0.05) is 33.6 Å². The summed E-state index contributed by atoms with van der Waals surface area (Å²) in [5, 5.41) is 3.45. The van der Waals surface area contributed by atoms with E-state index in [1.807, 2.05) is 0 Å². The molecule has 112 valence electrons. The molecule has 1 amide bonds. The molecule has 3 unspecified atom stereocenters. The zero-order valence-electron chi connectivity index (χ0n) is 13.4. The molecule has 1 aliphatic rings. The van der Waals surface area contributed by atoms with Gasteiger partial charge in [0.25, 0.3) is 0 Å².